The molecule has 1 aromatic heterocycles. The summed E-state index contributed by atoms with van der Waals surface area (Å²) < 4.78 is 18.4. The first-order valence-electron chi connectivity index (χ1n) is 5.08. The first kappa shape index (κ1) is 11.5. The van der Waals surface area contributed by atoms with Gasteiger partial charge in [-0.05, 0) is 29.8 Å². The van der Waals surface area contributed by atoms with Crippen LogP contribution in [0.1, 0.15) is 17.2 Å². The van der Waals surface area contributed by atoms with Gasteiger partial charge in [0.2, 0.25) is 0 Å². The number of halogens is 1. The molecule has 0 spiro atoms. The van der Waals surface area contributed by atoms with Crippen molar-refractivity contribution in [2.45, 2.75) is 6.04 Å². The molecule has 1 aromatic carbocycles. The summed E-state index contributed by atoms with van der Waals surface area (Å²) in [4.78, 5) is 0. The van der Waals surface area contributed by atoms with E-state index >= 15 is 0 Å². The van der Waals surface area contributed by atoms with Crippen molar-refractivity contribution in [1.29, 1.82) is 0 Å². The van der Waals surface area contributed by atoms with E-state index in [1.165, 1.54) is 19.2 Å². The Hall–Kier alpha value is -2.01. The normalized spacial score (nSPS) is 12.2. The van der Waals surface area contributed by atoms with Crippen LogP contribution in [-0.2, 0) is 0 Å². The third-order valence-electron chi connectivity index (χ3n) is 2.49. The van der Waals surface area contributed by atoms with Crippen molar-refractivity contribution < 1.29 is 9.13 Å². The second kappa shape index (κ2) is 4.88. The molecule has 0 amide bonds. The Labute approximate surface area is 98.2 Å². The van der Waals surface area contributed by atoms with E-state index in [0.29, 0.717) is 11.3 Å². The van der Waals surface area contributed by atoms with Gasteiger partial charge < -0.3 is 10.5 Å². The van der Waals surface area contributed by atoms with E-state index in [1.54, 1.807) is 24.5 Å². The van der Waals surface area contributed by atoms with Gasteiger partial charge in [0.15, 0.2) is 0 Å². The minimum Gasteiger partial charge on any atom is -0.496 e. The van der Waals surface area contributed by atoms with Crippen LogP contribution in [0.25, 0.3) is 0 Å². The summed E-state index contributed by atoms with van der Waals surface area (Å²) in [5.74, 6) is 0.203. The lowest BCUT2D eigenvalue weighted by atomic mass is 10.0. The van der Waals surface area contributed by atoms with Gasteiger partial charge in [-0.15, -0.1) is 0 Å². The monoisotopic (exact) mass is 233 g/mol. The molecule has 4 nitrogen and oxygen atoms in total. The fourth-order valence-electron chi connectivity index (χ4n) is 1.61. The topological polar surface area (TPSA) is 61.0 Å². The number of rotatable bonds is 3. The lowest BCUT2D eigenvalue weighted by Crippen LogP contribution is -2.13. The average Bonchev–Trinajstić information content (AvgIpc) is 2.39. The zero-order chi connectivity index (χ0) is 12.3. The number of nitrogens with zero attached hydrogens (tertiary/aromatic N) is 2. The van der Waals surface area contributed by atoms with E-state index in [-0.39, 0.29) is 5.82 Å². The molecule has 2 rings (SSSR count). The Kier molecular flexibility index (Phi) is 3.30. The molecule has 1 heterocycles. The molecular weight excluding hydrogens is 221 g/mol. The molecule has 0 radical (unpaired) electrons. The molecule has 88 valence electrons. The highest BCUT2D eigenvalue weighted by molar-refractivity contribution is 5.40. The van der Waals surface area contributed by atoms with Crippen LogP contribution in [-0.4, -0.2) is 17.3 Å². The molecule has 5 heteroatoms. The number of benzene rings is 1. The molecule has 0 aliphatic heterocycles. The molecule has 1 unspecified atom stereocenters. The Morgan fingerprint density at radius 1 is 1.29 bits per heavy atom. The Morgan fingerprint density at radius 3 is 2.76 bits per heavy atom. The fourth-order valence-corrected chi connectivity index (χ4v) is 1.61. The zero-order valence-corrected chi connectivity index (χ0v) is 9.30. The minimum atomic E-state index is -0.490. The predicted octanol–water partition coefficient (Wildman–Crippen LogP) is 1.67. The van der Waals surface area contributed by atoms with Gasteiger partial charge >= 0.3 is 0 Å². The van der Waals surface area contributed by atoms with Crippen LogP contribution in [0.3, 0.4) is 0 Å². The van der Waals surface area contributed by atoms with E-state index in [4.69, 9.17) is 10.5 Å². The summed E-state index contributed by atoms with van der Waals surface area (Å²) in [6.07, 6.45) is 3.09. The van der Waals surface area contributed by atoms with E-state index in [1.807, 2.05) is 0 Å². The Balaban J connectivity index is 2.43. The van der Waals surface area contributed by atoms with Crippen LogP contribution in [0.4, 0.5) is 4.39 Å². The number of nitrogens with two attached hydrogens (primary N) is 1. The number of aromatic nitrogens is 2. The highest BCUT2D eigenvalue weighted by Gasteiger charge is 2.15. The molecule has 0 aliphatic rings. The zero-order valence-electron chi connectivity index (χ0n) is 9.30. The van der Waals surface area contributed by atoms with Gasteiger partial charge in [0.05, 0.1) is 19.3 Å². The second-order valence-electron chi connectivity index (χ2n) is 3.54. The van der Waals surface area contributed by atoms with Crippen molar-refractivity contribution in [3.63, 3.8) is 0 Å². The van der Waals surface area contributed by atoms with Gasteiger partial charge in [0, 0.05) is 11.8 Å². The smallest absolute Gasteiger partial charge is 0.124 e. The predicted molar refractivity (Wildman–Crippen MR) is 61.0 cm³/mol. The first-order chi connectivity index (χ1) is 8.22. The summed E-state index contributed by atoms with van der Waals surface area (Å²) >= 11 is 0. The van der Waals surface area contributed by atoms with E-state index in [0.717, 1.165) is 5.56 Å². The standard InChI is InChI=1S/C12H12FN3O/c1-17-11-3-2-9(13)6-10(11)12(14)8-4-5-15-16-7-8/h2-7,12H,14H2,1H3. The van der Waals surface area contributed by atoms with Crippen LogP contribution in [0, 0.1) is 5.82 Å². The molecule has 17 heavy (non-hydrogen) atoms. The maximum Gasteiger partial charge on any atom is 0.124 e. The van der Waals surface area contributed by atoms with Crippen molar-refractivity contribution in [3.8, 4) is 5.75 Å². The summed E-state index contributed by atoms with van der Waals surface area (Å²) in [6, 6.07) is 5.50. The average molecular weight is 233 g/mol. The number of hydrogen-bond acceptors (Lipinski definition) is 4. The quantitative estimate of drug-likeness (QED) is 0.876. The van der Waals surface area contributed by atoms with Crippen molar-refractivity contribution in [2.24, 2.45) is 5.73 Å². The summed E-state index contributed by atoms with van der Waals surface area (Å²) in [5, 5.41) is 7.42. The Morgan fingerprint density at radius 2 is 2.12 bits per heavy atom. The number of methoxy groups -OCH3 is 1. The van der Waals surface area contributed by atoms with Crippen molar-refractivity contribution in [2.75, 3.05) is 7.11 Å². The highest BCUT2D eigenvalue weighted by atomic mass is 19.1. The van der Waals surface area contributed by atoms with Gasteiger partial charge in [0.25, 0.3) is 0 Å². The molecule has 0 aliphatic carbocycles. The second-order valence-corrected chi connectivity index (χ2v) is 3.54. The molecule has 0 saturated carbocycles. The van der Waals surface area contributed by atoms with Gasteiger partial charge in [-0.3, -0.25) is 0 Å². The van der Waals surface area contributed by atoms with Gasteiger partial charge in [-0.1, -0.05) is 0 Å². The van der Waals surface area contributed by atoms with Gasteiger partial charge in [0.1, 0.15) is 11.6 Å². The summed E-state index contributed by atoms with van der Waals surface area (Å²) in [5.41, 5.74) is 7.38. The number of hydrogen-bond donors (Lipinski definition) is 1. The van der Waals surface area contributed by atoms with Crippen molar-refractivity contribution in [1.82, 2.24) is 10.2 Å². The molecule has 2 N–H and O–H groups in total. The van der Waals surface area contributed by atoms with Gasteiger partial charge in [-0.25, -0.2) is 4.39 Å². The fraction of sp³-hybridized carbons (Fsp3) is 0.167. The van der Waals surface area contributed by atoms with Crippen LogP contribution in [0.15, 0.2) is 36.7 Å². The van der Waals surface area contributed by atoms with Crippen LogP contribution in [0.2, 0.25) is 0 Å². The van der Waals surface area contributed by atoms with Crippen LogP contribution < -0.4 is 10.5 Å². The van der Waals surface area contributed by atoms with E-state index < -0.39 is 6.04 Å². The molecule has 2 aromatic rings. The maximum absolute atomic E-state index is 13.2. The molecule has 0 fully saturated rings. The maximum atomic E-state index is 13.2. The lowest BCUT2D eigenvalue weighted by molar-refractivity contribution is 0.406. The van der Waals surface area contributed by atoms with E-state index in [2.05, 4.69) is 10.2 Å². The summed E-state index contributed by atoms with van der Waals surface area (Å²) in [6.45, 7) is 0. The van der Waals surface area contributed by atoms with Crippen LogP contribution >= 0.6 is 0 Å². The molecular formula is C12H12FN3O. The molecule has 0 bridgehead atoms. The molecule has 0 saturated heterocycles. The summed E-state index contributed by atoms with van der Waals surface area (Å²) in [7, 11) is 1.52. The minimum absolute atomic E-state index is 0.349. The third kappa shape index (κ3) is 2.39. The Bertz CT molecular complexity index is 504. The first-order valence-corrected chi connectivity index (χ1v) is 5.08. The SMILES string of the molecule is COc1ccc(F)cc1C(N)c1ccnnc1. The van der Waals surface area contributed by atoms with Crippen molar-refractivity contribution in [3.05, 3.63) is 53.6 Å². The molecule has 1 atom stereocenters. The third-order valence-corrected chi connectivity index (χ3v) is 2.49. The lowest BCUT2D eigenvalue weighted by Gasteiger charge is -2.15. The largest absolute Gasteiger partial charge is 0.496 e. The highest BCUT2D eigenvalue weighted by Crippen LogP contribution is 2.28. The van der Waals surface area contributed by atoms with Crippen molar-refractivity contribution >= 4 is 0 Å². The van der Waals surface area contributed by atoms with Gasteiger partial charge in [-0.2, -0.15) is 10.2 Å². The van der Waals surface area contributed by atoms with Crippen LogP contribution in [0.5, 0.6) is 5.75 Å². The number of ether oxygens (including phenoxy) is 1. The van der Waals surface area contributed by atoms with E-state index in [9.17, 15) is 4.39 Å².